The molecule has 1 atom stereocenters. The van der Waals surface area contributed by atoms with Gasteiger partial charge >= 0.3 is 0 Å². The van der Waals surface area contributed by atoms with Gasteiger partial charge in [-0.1, -0.05) is 18.2 Å². The number of Topliss-reactive ketones (excluding diaryl/α,β-unsaturated/α-hetero) is 1. The van der Waals surface area contributed by atoms with Gasteiger partial charge in [0.05, 0.1) is 6.54 Å². The zero-order chi connectivity index (χ0) is 16.1. The fourth-order valence-corrected chi connectivity index (χ4v) is 2.97. The van der Waals surface area contributed by atoms with Crippen molar-refractivity contribution in [3.63, 3.8) is 0 Å². The molecule has 0 aliphatic carbocycles. The molecule has 0 fully saturated rings. The average Bonchev–Trinajstić information content (AvgIpc) is 3.00. The predicted molar refractivity (Wildman–Crippen MR) is 90.4 cm³/mol. The standard InChI is InChI=1S/C17H20N2O2S/c1-12(16-8-5-9-22-16)19(3)11-17(21)18-15-7-4-6-14(10-15)13(2)20/h4-10,12H,11H2,1-3H3,(H,18,21)/t12-/m1/s1. The van der Waals surface area contributed by atoms with E-state index in [1.807, 2.05) is 23.4 Å². The van der Waals surface area contributed by atoms with Crippen molar-refractivity contribution in [2.75, 3.05) is 18.9 Å². The summed E-state index contributed by atoms with van der Waals surface area (Å²) in [5, 5.41) is 4.87. The second-order valence-electron chi connectivity index (χ2n) is 5.29. The Hall–Kier alpha value is -1.98. The maximum Gasteiger partial charge on any atom is 0.238 e. The lowest BCUT2D eigenvalue weighted by atomic mass is 10.1. The Morgan fingerprint density at radius 2 is 2.05 bits per heavy atom. The van der Waals surface area contributed by atoms with E-state index in [1.54, 1.807) is 35.6 Å². The van der Waals surface area contributed by atoms with Crippen molar-refractivity contribution in [1.29, 1.82) is 0 Å². The van der Waals surface area contributed by atoms with E-state index in [0.717, 1.165) is 0 Å². The van der Waals surface area contributed by atoms with Gasteiger partial charge in [0.1, 0.15) is 0 Å². The van der Waals surface area contributed by atoms with Gasteiger partial charge in [-0.2, -0.15) is 0 Å². The highest BCUT2D eigenvalue weighted by Gasteiger charge is 2.15. The molecule has 0 unspecified atom stereocenters. The lowest BCUT2D eigenvalue weighted by molar-refractivity contribution is -0.117. The number of nitrogens with one attached hydrogen (secondary N) is 1. The molecule has 0 aliphatic rings. The molecule has 2 aromatic rings. The monoisotopic (exact) mass is 316 g/mol. The van der Waals surface area contributed by atoms with Gasteiger partial charge < -0.3 is 5.32 Å². The first-order chi connectivity index (χ1) is 10.5. The van der Waals surface area contributed by atoms with E-state index in [1.165, 1.54) is 11.8 Å². The van der Waals surface area contributed by atoms with Gasteiger partial charge in [-0.15, -0.1) is 11.3 Å². The zero-order valence-electron chi connectivity index (χ0n) is 13.0. The number of hydrogen-bond acceptors (Lipinski definition) is 4. The van der Waals surface area contributed by atoms with Gasteiger partial charge in [-0.25, -0.2) is 0 Å². The second kappa shape index (κ2) is 7.33. The Bertz CT molecular complexity index is 652. The third-order valence-corrected chi connectivity index (χ3v) is 4.60. The lowest BCUT2D eigenvalue weighted by Crippen LogP contribution is -2.31. The van der Waals surface area contributed by atoms with E-state index < -0.39 is 0 Å². The third-order valence-electron chi connectivity index (χ3n) is 3.56. The van der Waals surface area contributed by atoms with Crippen molar-refractivity contribution in [2.45, 2.75) is 19.9 Å². The van der Waals surface area contributed by atoms with Crippen LogP contribution in [-0.4, -0.2) is 30.2 Å². The normalized spacial score (nSPS) is 12.2. The number of hydrogen-bond donors (Lipinski definition) is 1. The smallest absolute Gasteiger partial charge is 0.238 e. The number of likely N-dealkylation sites (N-methyl/N-ethyl adjacent to an activating group) is 1. The molecule has 0 radical (unpaired) electrons. The molecule has 2 rings (SSSR count). The molecule has 1 aromatic heterocycles. The van der Waals surface area contributed by atoms with E-state index in [4.69, 9.17) is 0 Å². The first-order valence-corrected chi connectivity index (χ1v) is 8.00. The van der Waals surface area contributed by atoms with E-state index in [0.29, 0.717) is 17.8 Å². The van der Waals surface area contributed by atoms with Gasteiger partial charge in [0, 0.05) is 22.2 Å². The van der Waals surface area contributed by atoms with Gasteiger partial charge in [-0.05, 0) is 44.5 Å². The minimum absolute atomic E-state index is 0.0143. The van der Waals surface area contributed by atoms with E-state index in [9.17, 15) is 9.59 Å². The van der Waals surface area contributed by atoms with Crippen LogP contribution in [0.1, 0.15) is 35.1 Å². The Kier molecular flexibility index (Phi) is 5.46. The quantitative estimate of drug-likeness (QED) is 0.829. The molecule has 0 saturated carbocycles. The molecule has 1 N–H and O–H groups in total. The number of anilines is 1. The molecule has 0 aliphatic heterocycles. The van der Waals surface area contributed by atoms with Crippen LogP contribution in [0.15, 0.2) is 41.8 Å². The topological polar surface area (TPSA) is 49.4 Å². The van der Waals surface area contributed by atoms with Crippen molar-refractivity contribution in [3.05, 3.63) is 52.2 Å². The lowest BCUT2D eigenvalue weighted by Gasteiger charge is -2.23. The van der Waals surface area contributed by atoms with Crippen LogP contribution >= 0.6 is 11.3 Å². The average molecular weight is 316 g/mol. The van der Waals surface area contributed by atoms with Crippen LogP contribution in [0, 0.1) is 0 Å². The molecule has 116 valence electrons. The Morgan fingerprint density at radius 3 is 2.68 bits per heavy atom. The highest BCUT2D eigenvalue weighted by Crippen LogP contribution is 2.23. The molecule has 4 nitrogen and oxygen atoms in total. The van der Waals surface area contributed by atoms with Crippen LogP contribution in [0.4, 0.5) is 5.69 Å². The molecule has 5 heteroatoms. The molecular formula is C17H20N2O2S. The van der Waals surface area contributed by atoms with Crippen molar-refractivity contribution in [2.24, 2.45) is 0 Å². The fourth-order valence-electron chi connectivity index (χ4n) is 2.13. The van der Waals surface area contributed by atoms with E-state index in [-0.39, 0.29) is 17.7 Å². The van der Waals surface area contributed by atoms with Crippen molar-refractivity contribution >= 4 is 28.7 Å². The number of benzene rings is 1. The summed E-state index contributed by atoms with van der Waals surface area (Å²) in [6.45, 7) is 3.89. The maximum atomic E-state index is 12.1. The van der Waals surface area contributed by atoms with Gasteiger partial charge in [0.2, 0.25) is 5.91 Å². The summed E-state index contributed by atoms with van der Waals surface area (Å²) in [6.07, 6.45) is 0. The minimum Gasteiger partial charge on any atom is -0.325 e. The summed E-state index contributed by atoms with van der Waals surface area (Å²) in [5.41, 5.74) is 1.24. The maximum absolute atomic E-state index is 12.1. The highest BCUT2D eigenvalue weighted by molar-refractivity contribution is 7.10. The van der Waals surface area contributed by atoms with Crippen LogP contribution in [0.5, 0.6) is 0 Å². The first-order valence-electron chi connectivity index (χ1n) is 7.12. The van der Waals surface area contributed by atoms with Crippen LogP contribution in [0.3, 0.4) is 0 Å². The molecule has 0 saturated heterocycles. The molecule has 0 spiro atoms. The number of rotatable bonds is 6. The number of thiophene rings is 1. The number of amides is 1. The minimum atomic E-state index is -0.0911. The summed E-state index contributed by atoms with van der Waals surface area (Å²) >= 11 is 1.68. The van der Waals surface area contributed by atoms with Crippen LogP contribution in [-0.2, 0) is 4.79 Å². The van der Waals surface area contributed by atoms with Gasteiger partial charge in [0.15, 0.2) is 5.78 Å². The second-order valence-corrected chi connectivity index (χ2v) is 6.27. The number of carbonyl (C=O) groups excluding carboxylic acids is 2. The molecule has 1 aromatic carbocycles. The predicted octanol–water partition coefficient (Wildman–Crippen LogP) is 3.58. The molecule has 22 heavy (non-hydrogen) atoms. The molecule has 0 bridgehead atoms. The summed E-state index contributed by atoms with van der Waals surface area (Å²) in [7, 11) is 1.93. The molecular weight excluding hydrogens is 296 g/mol. The van der Waals surface area contributed by atoms with E-state index in [2.05, 4.69) is 18.3 Å². The van der Waals surface area contributed by atoms with Crippen LogP contribution in [0.25, 0.3) is 0 Å². The van der Waals surface area contributed by atoms with Crippen molar-refractivity contribution < 1.29 is 9.59 Å². The van der Waals surface area contributed by atoms with Crippen LogP contribution < -0.4 is 5.32 Å². The molecule has 1 amide bonds. The largest absolute Gasteiger partial charge is 0.325 e. The third kappa shape index (κ3) is 4.26. The fraction of sp³-hybridized carbons (Fsp3) is 0.294. The zero-order valence-corrected chi connectivity index (χ0v) is 13.8. The summed E-state index contributed by atoms with van der Waals surface area (Å²) in [4.78, 5) is 26.7. The Morgan fingerprint density at radius 1 is 1.27 bits per heavy atom. The van der Waals surface area contributed by atoms with Crippen LogP contribution in [0.2, 0.25) is 0 Å². The number of nitrogens with zero attached hydrogens (tertiary/aromatic N) is 1. The summed E-state index contributed by atoms with van der Waals surface area (Å²) in [6, 6.07) is 11.3. The van der Waals surface area contributed by atoms with Gasteiger partial charge in [-0.3, -0.25) is 14.5 Å². The Labute approximate surface area is 134 Å². The highest BCUT2D eigenvalue weighted by atomic mass is 32.1. The van der Waals surface area contributed by atoms with Gasteiger partial charge in [0.25, 0.3) is 0 Å². The molecule has 1 heterocycles. The van der Waals surface area contributed by atoms with Crippen molar-refractivity contribution in [1.82, 2.24) is 4.90 Å². The SMILES string of the molecule is CC(=O)c1cccc(NC(=O)CN(C)[C@H](C)c2cccs2)c1. The number of carbonyl (C=O) groups is 2. The summed E-state index contributed by atoms with van der Waals surface area (Å²) < 4.78 is 0. The first kappa shape index (κ1) is 16.4. The van der Waals surface area contributed by atoms with Crippen molar-refractivity contribution in [3.8, 4) is 0 Å². The summed E-state index contributed by atoms with van der Waals surface area (Å²) in [5.74, 6) is -0.105. The van der Waals surface area contributed by atoms with E-state index >= 15 is 0 Å². The number of ketones is 1. The Balaban J connectivity index is 1.95.